The molecule has 84 valence electrons. The van der Waals surface area contributed by atoms with Gasteiger partial charge in [-0.15, -0.1) is 0 Å². The van der Waals surface area contributed by atoms with Crippen LogP contribution in [0.1, 0.15) is 20.3 Å². The van der Waals surface area contributed by atoms with Gasteiger partial charge in [0, 0.05) is 6.07 Å². The SMILES string of the molecule is COc1ccc(N)c(OCCC(C)C)c1. The first kappa shape index (κ1) is 11.7. The van der Waals surface area contributed by atoms with Crippen LogP contribution in [0, 0.1) is 5.92 Å². The van der Waals surface area contributed by atoms with Crippen LogP contribution in [0.2, 0.25) is 0 Å². The lowest BCUT2D eigenvalue weighted by Gasteiger charge is -2.11. The molecular formula is C12H19NO2. The summed E-state index contributed by atoms with van der Waals surface area (Å²) in [6, 6.07) is 5.43. The van der Waals surface area contributed by atoms with Gasteiger partial charge in [-0.05, 0) is 24.5 Å². The number of ether oxygens (including phenoxy) is 2. The lowest BCUT2D eigenvalue weighted by molar-refractivity contribution is 0.289. The largest absolute Gasteiger partial charge is 0.497 e. The van der Waals surface area contributed by atoms with Crippen LogP contribution in [0.3, 0.4) is 0 Å². The maximum Gasteiger partial charge on any atom is 0.145 e. The molecule has 0 atom stereocenters. The van der Waals surface area contributed by atoms with Crippen molar-refractivity contribution in [1.82, 2.24) is 0 Å². The zero-order valence-corrected chi connectivity index (χ0v) is 9.62. The molecule has 1 aromatic rings. The van der Waals surface area contributed by atoms with E-state index in [9.17, 15) is 0 Å². The van der Waals surface area contributed by atoms with Gasteiger partial charge in [-0.1, -0.05) is 13.8 Å². The van der Waals surface area contributed by atoms with E-state index < -0.39 is 0 Å². The monoisotopic (exact) mass is 209 g/mol. The number of hydrogen-bond acceptors (Lipinski definition) is 3. The minimum Gasteiger partial charge on any atom is -0.497 e. The maximum absolute atomic E-state index is 5.78. The predicted molar refractivity (Wildman–Crippen MR) is 62.4 cm³/mol. The summed E-state index contributed by atoms with van der Waals surface area (Å²) in [4.78, 5) is 0. The average Bonchev–Trinajstić information content (AvgIpc) is 2.20. The Morgan fingerprint density at radius 2 is 2.07 bits per heavy atom. The van der Waals surface area contributed by atoms with Crippen molar-refractivity contribution in [3.63, 3.8) is 0 Å². The Labute approximate surface area is 91.2 Å². The van der Waals surface area contributed by atoms with Crippen LogP contribution in [-0.4, -0.2) is 13.7 Å². The Balaban J connectivity index is 2.59. The van der Waals surface area contributed by atoms with Crippen molar-refractivity contribution in [2.45, 2.75) is 20.3 Å². The summed E-state index contributed by atoms with van der Waals surface area (Å²) in [5.74, 6) is 2.11. The van der Waals surface area contributed by atoms with Crippen molar-refractivity contribution in [1.29, 1.82) is 0 Å². The molecular weight excluding hydrogens is 190 g/mol. The Morgan fingerprint density at radius 1 is 1.33 bits per heavy atom. The molecule has 0 saturated heterocycles. The van der Waals surface area contributed by atoms with E-state index in [1.165, 1.54) is 0 Å². The van der Waals surface area contributed by atoms with E-state index in [0.29, 0.717) is 24.0 Å². The fourth-order valence-electron chi connectivity index (χ4n) is 1.17. The molecule has 0 unspecified atom stereocenters. The van der Waals surface area contributed by atoms with Gasteiger partial charge in [0.25, 0.3) is 0 Å². The van der Waals surface area contributed by atoms with Gasteiger partial charge in [0.2, 0.25) is 0 Å². The lowest BCUT2D eigenvalue weighted by Crippen LogP contribution is -2.03. The fourth-order valence-corrected chi connectivity index (χ4v) is 1.17. The molecule has 0 aliphatic rings. The summed E-state index contributed by atoms with van der Waals surface area (Å²) in [6.07, 6.45) is 1.02. The van der Waals surface area contributed by atoms with Crippen LogP contribution in [0.5, 0.6) is 11.5 Å². The van der Waals surface area contributed by atoms with Gasteiger partial charge in [0.05, 0.1) is 19.4 Å². The molecule has 0 aromatic heterocycles. The third-order valence-corrected chi connectivity index (χ3v) is 2.17. The Bertz CT molecular complexity index is 310. The van der Waals surface area contributed by atoms with E-state index >= 15 is 0 Å². The van der Waals surface area contributed by atoms with Crippen LogP contribution in [-0.2, 0) is 0 Å². The van der Waals surface area contributed by atoms with Crippen molar-refractivity contribution in [2.75, 3.05) is 19.5 Å². The van der Waals surface area contributed by atoms with Gasteiger partial charge in [-0.3, -0.25) is 0 Å². The molecule has 0 heterocycles. The van der Waals surface area contributed by atoms with Crippen LogP contribution in [0.4, 0.5) is 5.69 Å². The number of nitrogens with two attached hydrogens (primary N) is 1. The molecule has 3 nitrogen and oxygen atoms in total. The number of anilines is 1. The minimum absolute atomic E-state index is 0.636. The molecule has 0 saturated carbocycles. The average molecular weight is 209 g/mol. The first-order valence-corrected chi connectivity index (χ1v) is 5.19. The van der Waals surface area contributed by atoms with E-state index in [1.807, 2.05) is 12.1 Å². The zero-order valence-electron chi connectivity index (χ0n) is 9.62. The Morgan fingerprint density at radius 3 is 2.67 bits per heavy atom. The number of hydrogen-bond donors (Lipinski definition) is 1. The second kappa shape index (κ2) is 5.49. The van der Waals surface area contributed by atoms with E-state index in [0.717, 1.165) is 12.2 Å². The van der Waals surface area contributed by atoms with Crippen molar-refractivity contribution in [3.8, 4) is 11.5 Å². The topological polar surface area (TPSA) is 44.5 Å². The van der Waals surface area contributed by atoms with E-state index in [1.54, 1.807) is 13.2 Å². The van der Waals surface area contributed by atoms with Gasteiger partial charge in [-0.2, -0.15) is 0 Å². The molecule has 3 heteroatoms. The summed E-state index contributed by atoms with van der Waals surface area (Å²) in [7, 11) is 1.63. The highest BCUT2D eigenvalue weighted by Gasteiger charge is 2.03. The second-order valence-corrected chi connectivity index (χ2v) is 3.93. The van der Waals surface area contributed by atoms with Crippen LogP contribution >= 0.6 is 0 Å². The number of nitrogen functional groups attached to an aromatic ring is 1. The van der Waals surface area contributed by atoms with Crippen LogP contribution < -0.4 is 15.2 Å². The quantitative estimate of drug-likeness (QED) is 0.758. The minimum atomic E-state index is 0.636. The normalized spacial score (nSPS) is 10.4. The van der Waals surface area contributed by atoms with Gasteiger partial charge >= 0.3 is 0 Å². The third-order valence-electron chi connectivity index (χ3n) is 2.17. The molecule has 1 aromatic carbocycles. The first-order valence-electron chi connectivity index (χ1n) is 5.19. The highest BCUT2D eigenvalue weighted by Crippen LogP contribution is 2.26. The standard InChI is InChI=1S/C12H19NO2/c1-9(2)6-7-15-12-8-10(14-3)4-5-11(12)13/h4-5,8-9H,6-7,13H2,1-3H3. The van der Waals surface area contributed by atoms with Crippen molar-refractivity contribution in [3.05, 3.63) is 18.2 Å². The number of methoxy groups -OCH3 is 1. The molecule has 0 spiro atoms. The summed E-state index contributed by atoms with van der Waals surface area (Å²) in [5, 5.41) is 0. The van der Waals surface area contributed by atoms with Gasteiger partial charge < -0.3 is 15.2 Å². The molecule has 15 heavy (non-hydrogen) atoms. The van der Waals surface area contributed by atoms with Gasteiger partial charge in [-0.25, -0.2) is 0 Å². The summed E-state index contributed by atoms with van der Waals surface area (Å²) in [5.41, 5.74) is 6.43. The van der Waals surface area contributed by atoms with E-state index in [-0.39, 0.29) is 0 Å². The maximum atomic E-state index is 5.78. The molecule has 0 aliphatic heterocycles. The smallest absolute Gasteiger partial charge is 0.145 e. The first-order chi connectivity index (χ1) is 7.13. The summed E-state index contributed by atoms with van der Waals surface area (Å²) >= 11 is 0. The van der Waals surface area contributed by atoms with Crippen molar-refractivity contribution < 1.29 is 9.47 Å². The predicted octanol–water partition coefficient (Wildman–Crippen LogP) is 2.70. The molecule has 0 bridgehead atoms. The second-order valence-electron chi connectivity index (χ2n) is 3.93. The molecule has 0 radical (unpaired) electrons. The lowest BCUT2D eigenvalue weighted by atomic mass is 10.1. The third kappa shape index (κ3) is 3.70. The zero-order chi connectivity index (χ0) is 11.3. The van der Waals surface area contributed by atoms with Gasteiger partial charge in [0.1, 0.15) is 11.5 Å². The molecule has 2 N–H and O–H groups in total. The molecule has 0 aliphatic carbocycles. The summed E-state index contributed by atoms with van der Waals surface area (Å²) < 4.78 is 10.7. The van der Waals surface area contributed by atoms with Crippen molar-refractivity contribution >= 4 is 5.69 Å². The molecule has 0 fully saturated rings. The molecule has 1 rings (SSSR count). The van der Waals surface area contributed by atoms with Crippen LogP contribution in [0.15, 0.2) is 18.2 Å². The number of rotatable bonds is 5. The van der Waals surface area contributed by atoms with E-state index in [4.69, 9.17) is 15.2 Å². The highest BCUT2D eigenvalue weighted by molar-refractivity contribution is 5.55. The van der Waals surface area contributed by atoms with Crippen molar-refractivity contribution in [2.24, 2.45) is 5.92 Å². The Hall–Kier alpha value is -1.38. The highest BCUT2D eigenvalue weighted by atomic mass is 16.5. The van der Waals surface area contributed by atoms with E-state index in [2.05, 4.69) is 13.8 Å². The Kier molecular flexibility index (Phi) is 4.28. The fraction of sp³-hybridized carbons (Fsp3) is 0.500. The van der Waals surface area contributed by atoms with Crippen LogP contribution in [0.25, 0.3) is 0 Å². The van der Waals surface area contributed by atoms with Gasteiger partial charge in [0.15, 0.2) is 0 Å². The summed E-state index contributed by atoms with van der Waals surface area (Å²) in [6.45, 7) is 5.02. The molecule has 0 amide bonds. The number of benzene rings is 1.